The number of benzene rings is 2. The highest BCUT2D eigenvalue weighted by Crippen LogP contribution is 2.39. The molecular formula is C19H20N2O4. The maximum Gasteiger partial charge on any atom is 0.338 e. The maximum atomic E-state index is 12.4. The summed E-state index contributed by atoms with van der Waals surface area (Å²) < 4.78 is 5.23. The molecule has 0 spiro atoms. The van der Waals surface area contributed by atoms with Gasteiger partial charge in [0.25, 0.3) is 0 Å². The topological polar surface area (TPSA) is 87.7 Å². The van der Waals surface area contributed by atoms with Crippen molar-refractivity contribution in [3.05, 3.63) is 59.2 Å². The van der Waals surface area contributed by atoms with E-state index >= 15 is 0 Å². The first-order chi connectivity index (χ1) is 12.0. The number of hydrogen-bond donors (Lipinski definition) is 3. The lowest BCUT2D eigenvalue weighted by atomic mass is 9.79. The van der Waals surface area contributed by atoms with E-state index < -0.39 is 11.5 Å². The van der Waals surface area contributed by atoms with E-state index in [1.807, 2.05) is 13.0 Å². The Bertz CT molecular complexity index is 821. The third-order valence-electron chi connectivity index (χ3n) is 4.59. The number of nitrogens with one attached hydrogen (secondary N) is 2. The van der Waals surface area contributed by atoms with Crippen molar-refractivity contribution in [3.63, 3.8) is 0 Å². The van der Waals surface area contributed by atoms with Gasteiger partial charge in [0.1, 0.15) is 5.75 Å². The number of rotatable bonds is 6. The highest BCUT2D eigenvalue weighted by Gasteiger charge is 2.45. The van der Waals surface area contributed by atoms with Crippen LogP contribution in [0.1, 0.15) is 23.6 Å². The van der Waals surface area contributed by atoms with Crippen LogP contribution in [0.4, 0.5) is 5.69 Å². The van der Waals surface area contributed by atoms with Crippen LogP contribution >= 0.6 is 0 Å². The molecule has 3 N–H and O–H groups in total. The summed E-state index contributed by atoms with van der Waals surface area (Å²) in [7, 11) is 1.51. The second kappa shape index (κ2) is 6.47. The van der Waals surface area contributed by atoms with Gasteiger partial charge in [0.2, 0.25) is 6.41 Å². The number of ether oxygens (including phenoxy) is 1. The normalized spacial score (nSPS) is 17.8. The number of hydrogen-bond acceptors (Lipinski definition) is 4. The lowest BCUT2D eigenvalue weighted by Gasteiger charge is -2.32. The molecular weight excluding hydrogens is 320 g/mol. The van der Waals surface area contributed by atoms with E-state index in [0.717, 1.165) is 11.3 Å². The summed E-state index contributed by atoms with van der Waals surface area (Å²) in [5.74, 6) is -0.629. The molecule has 1 aliphatic heterocycles. The summed E-state index contributed by atoms with van der Waals surface area (Å²) >= 11 is 0. The zero-order valence-corrected chi connectivity index (χ0v) is 14.1. The van der Waals surface area contributed by atoms with E-state index in [1.54, 1.807) is 36.4 Å². The molecule has 1 aliphatic rings. The summed E-state index contributed by atoms with van der Waals surface area (Å²) in [6.07, 6.45) is 1.11. The molecule has 25 heavy (non-hydrogen) atoms. The van der Waals surface area contributed by atoms with Crippen molar-refractivity contribution in [1.82, 2.24) is 5.32 Å². The molecule has 0 saturated carbocycles. The molecule has 2 unspecified atom stereocenters. The molecule has 0 bridgehead atoms. The first-order valence-corrected chi connectivity index (χ1v) is 8.01. The quantitative estimate of drug-likeness (QED) is 0.701. The van der Waals surface area contributed by atoms with Gasteiger partial charge in [-0.15, -0.1) is 0 Å². The van der Waals surface area contributed by atoms with E-state index in [2.05, 4.69) is 10.6 Å². The zero-order valence-electron chi connectivity index (χ0n) is 14.1. The predicted molar refractivity (Wildman–Crippen MR) is 93.8 cm³/mol. The van der Waals surface area contributed by atoms with Crippen molar-refractivity contribution < 1.29 is 19.4 Å². The maximum absolute atomic E-state index is 12.4. The average Bonchev–Trinajstić information content (AvgIpc) is 2.99. The van der Waals surface area contributed by atoms with Gasteiger partial charge in [-0.3, -0.25) is 4.79 Å². The first-order valence-electron chi connectivity index (χ1n) is 8.01. The number of methoxy groups -OCH3 is 1. The Labute approximate surface area is 145 Å². The Hall–Kier alpha value is -3.02. The summed E-state index contributed by atoms with van der Waals surface area (Å²) in [5, 5.41) is 16.0. The molecule has 2 aromatic rings. The lowest BCUT2D eigenvalue weighted by Crippen LogP contribution is -2.50. The lowest BCUT2D eigenvalue weighted by molar-refractivity contribution is -0.144. The Balaban J connectivity index is 2.28. The largest absolute Gasteiger partial charge is 0.497 e. The fourth-order valence-electron chi connectivity index (χ4n) is 3.48. The van der Waals surface area contributed by atoms with Gasteiger partial charge in [-0.05, 0) is 48.2 Å². The molecule has 130 valence electrons. The number of anilines is 1. The van der Waals surface area contributed by atoms with Crippen LogP contribution in [0, 0.1) is 0 Å². The fourth-order valence-corrected chi connectivity index (χ4v) is 3.48. The number of carboxylic acids is 1. The number of carboxylic acid groups (broad SMARTS) is 1. The van der Waals surface area contributed by atoms with Crippen LogP contribution in [0.5, 0.6) is 5.75 Å². The molecule has 0 aliphatic carbocycles. The fraction of sp³-hybridized carbons (Fsp3) is 0.263. The van der Waals surface area contributed by atoms with E-state index in [9.17, 15) is 14.7 Å². The summed E-state index contributed by atoms with van der Waals surface area (Å²) in [4.78, 5) is 23.8. The molecule has 3 rings (SSSR count). The third kappa shape index (κ3) is 2.69. The Morgan fingerprint density at radius 3 is 2.80 bits per heavy atom. The van der Waals surface area contributed by atoms with E-state index in [4.69, 9.17) is 4.74 Å². The van der Waals surface area contributed by atoms with Gasteiger partial charge in [0, 0.05) is 11.7 Å². The molecule has 2 atom stereocenters. The third-order valence-corrected chi connectivity index (χ3v) is 4.59. The van der Waals surface area contributed by atoms with Crippen molar-refractivity contribution in [2.45, 2.75) is 24.9 Å². The van der Waals surface area contributed by atoms with Crippen molar-refractivity contribution >= 4 is 18.1 Å². The molecule has 1 heterocycles. The molecule has 6 heteroatoms. The van der Waals surface area contributed by atoms with Crippen molar-refractivity contribution in [2.24, 2.45) is 0 Å². The van der Waals surface area contributed by atoms with Crippen LogP contribution in [0.25, 0.3) is 0 Å². The van der Waals surface area contributed by atoms with Crippen molar-refractivity contribution in [3.8, 4) is 5.75 Å². The molecule has 2 aromatic carbocycles. The van der Waals surface area contributed by atoms with Crippen LogP contribution in [-0.2, 0) is 21.5 Å². The van der Waals surface area contributed by atoms with Gasteiger partial charge in [-0.1, -0.05) is 24.3 Å². The second-order valence-electron chi connectivity index (χ2n) is 6.13. The van der Waals surface area contributed by atoms with Crippen molar-refractivity contribution in [2.75, 3.05) is 12.4 Å². The number of carbonyl (C=O) groups excluding carboxylic acids is 1. The summed E-state index contributed by atoms with van der Waals surface area (Å²) in [6.45, 7) is 2.03. The summed E-state index contributed by atoms with van der Waals surface area (Å²) in [6, 6.07) is 12.4. The Morgan fingerprint density at radius 1 is 1.36 bits per heavy atom. The highest BCUT2D eigenvalue weighted by molar-refractivity contribution is 5.89. The summed E-state index contributed by atoms with van der Waals surface area (Å²) in [5.41, 5.74) is 1.09. The van der Waals surface area contributed by atoms with Gasteiger partial charge < -0.3 is 20.5 Å². The molecule has 0 fully saturated rings. The minimum atomic E-state index is -1.69. The van der Waals surface area contributed by atoms with E-state index in [1.165, 1.54) is 7.11 Å². The van der Waals surface area contributed by atoms with Gasteiger partial charge in [-0.25, -0.2) is 4.79 Å². The van der Waals surface area contributed by atoms with Crippen LogP contribution in [0.15, 0.2) is 42.5 Å². The van der Waals surface area contributed by atoms with E-state index in [-0.39, 0.29) is 6.04 Å². The van der Waals surface area contributed by atoms with Gasteiger partial charge in [0.05, 0.1) is 7.11 Å². The number of aliphatic carboxylic acids is 1. The van der Waals surface area contributed by atoms with E-state index in [0.29, 0.717) is 29.7 Å². The Morgan fingerprint density at radius 2 is 2.12 bits per heavy atom. The van der Waals surface area contributed by atoms with Crippen LogP contribution in [0.3, 0.4) is 0 Å². The second-order valence-corrected chi connectivity index (χ2v) is 6.13. The minimum absolute atomic E-state index is 0.198. The number of fused-ring (bicyclic) bond motifs is 1. The molecule has 1 amide bonds. The number of carbonyl (C=O) groups is 2. The standard InChI is InChI=1S/C19H20N2O4/c1-12-9-15-16(7-4-8-17(15)21-12)19(18(23)24,20-11-22)13-5-3-6-14(10-13)25-2/h3-8,10-12,21H,9H2,1-2H3,(H,20,22)(H,23,24). The van der Waals surface area contributed by atoms with Gasteiger partial charge >= 0.3 is 5.97 Å². The van der Waals surface area contributed by atoms with Crippen molar-refractivity contribution in [1.29, 1.82) is 0 Å². The van der Waals surface area contributed by atoms with Crippen LogP contribution in [0.2, 0.25) is 0 Å². The van der Waals surface area contributed by atoms with Crippen LogP contribution in [-0.4, -0.2) is 30.6 Å². The highest BCUT2D eigenvalue weighted by atomic mass is 16.5. The monoisotopic (exact) mass is 340 g/mol. The molecule has 0 radical (unpaired) electrons. The minimum Gasteiger partial charge on any atom is -0.497 e. The SMILES string of the molecule is COc1cccc(C(NC=O)(C(=O)O)c2cccc3c2CC(C)N3)c1. The molecule has 0 aromatic heterocycles. The van der Waals surface area contributed by atoms with Crippen LogP contribution < -0.4 is 15.4 Å². The Kier molecular flexibility index (Phi) is 4.35. The van der Waals surface area contributed by atoms with Gasteiger partial charge in [0.15, 0.2) is 5.54 Å². The smallest absolute Gasteiger partial charge is 0.338 e. The van der Waals surface area contributed by atoms with Gasteiger partial charge in [-0.2, -0.15) is 0 Å². The average molecular weight is 340 g/mol. The first kappa shape index (κ1) is 16.8. The molecule has 0 saturated heterocycles. The molecule has 6 nitrogen and oxygen atoms in total. The predicted octanol–water partition coefficient (Wildman–Crippen LogP) is 2.13. The number of amides is 1. The zero-order chi connectivity index (χ0) is 18.0.